The van der Waals surface area contributed by atoms with Crippen LogP contribution in [0.2, 0.25) is 0 Å². The molecule has 19 heavy (non-hydrogen) atoms. The Hall–Kier alpha value is -1.82. The lowest BCUT2D eigenvalue weighted by Crippen LogP contribution is -2.36. The van der Waals surface area contributed by atoms with Crippen molar-refractivity contribution >= 4 is 12.3 Å². The van der Waals surface area contributed by atoms with Crippen molar-refractivity contribution in [3.05, 3.63) is 24.5 Å². The summed E-state index contributed by atoms with van der Waals surface area (Å²) in [6.07, 6.45) is 4.71. The molecule has 0 spiro atoms. The van der Waals surface area contributed by atoms with Crippen LogP contribution in [0.25, 0.3) is 6.20 Å². The van der Waals surface area contributed by atoms with Crippen molar-refractivity contribution in [3.8, 4) is 0 Å². The largest absolute Gasteiger partial charge is 0.444 e. The third kappa shape index (κ3) is 5.13. The summed E-state index contributed by atoms with van der Waals surface area (Å²) in [5, 5.41) is 6.80. The summed E-state index contributed by atoms with van der Waals surface area (Å²) in [6, 6.07) is 0. The highest BCUT2D eigenvalue weighted by Crippen LogP contribution is 2.13. The van der Waals surface area contributed by atoms with Gasteiger partial charge in [-0.1, -0.05) is 6.58 Å². The van der Waals surface area contributed by atoms with Gasteiger partial charge in [-0.05, 0) is 26.3 Å². The van der Waals surface area contributed by atoms with Crippen LogP contribution in [0.3, 0.4) is 0 Å². The molecule has 1 aromatic rings. The fraction of sp³-hybridized carbons (Fsp3) is 0.538. The van der Waals surface area contributed by atoms with E-state index in [4.69, 9.17) is 10.5 Å². The molecule has 6 heteroatoms. The van der Waals surface area contributed by atoms with Gasteiger partial charge in [0.2, 0.25) is 0 Å². The number of amides is 1. The van der Waals surface area contributed by atoms with E-state index in [9.17, 15) is 4.79 Å². The maximum atomic E-state index is 11.6. The van der Waals surface area contributed by atoms with Gasteiger partial charge >= 0.3 is 6.09 Å². The Morgan fingerprint density at radius 3 is 2.84 bits per heavy atom. The molecule has 0 bridgehead atoms. The van der Waals surface area contributed by atoms with E-state index in [1.807, 2.05) is 27.0 Å². The number of nitrogens with one attached hydrogen (secondary N) is 1. The molecule has 1 unspecified atom stereocenters. The van der Waals surface area contributed by atoms with E-state index in [1.54, 1.807) is 17.1 Å². The van der Waals surface area contributed by atoms with Gasteiger partial charge in [0.25, 0.3) is 0 Å². The van der Waals surface area contributed by atoms with Gasteiger partial charge in [-0.2, -0.15) is 5.10 Å². The van der Waals surface area contributed by atoms with Gasteiger partial charge in [0.15, 0.2) is 0 Å². The molecule has 0 saturated heterocycles. The van der Waals surface area contributed by atoms with Crippen LogP contribution in [0.1, 0.15) is 32.3 Å². The highest BCUT2D eigenvalue weighted by molar-refractivity contribution is 5.67. The van der Waals surface area contributed by atoms with Crippen molar-refractivity contribution in [1.82, 2.24) is 15.1 Å². The molecule has 1 rings (SSSR count). The Morgan fingerprint density at radius 1 is 1.68 bits per heavy atom. The van der Waals surface area contributed by atoms with Crippen LogP contribution in [0.15, 0.2) is 19.0 Å². The van der Waals surface area contributed by atoms with Crippen molar-refractivity contribution in [2.45, 2.75) is 32.3 Å². The van der Waals surface area contributed by atoms with Crippen LogP contribution in [0, 0.1) is 0 Å². The molecule has 106 valence electrons. The van der Waals surface area contributed by atoms with Crippen molar-refractivity contribution in [2.24, 2.45) is 5.73 Å². The molecule has 0 aliphatic carbocycles. The summed E-state index contributed by atoms with van der Waals surface area (Å²) in [5.74, 6) is 0.00113. The molecule has 1 heterocycles. The second kappa shape index (κ2) is 6.38. The first-order chi connectivity index (χ1) is 8.85. The van der Waals surface area contributed by atoms with Gasteiger partial charge in [-0.3, -0.25) is 0 Å². The predicted molar refractivity (Wildman–Crippen MR) is 74.6 cm³/mol. The number of nitrogens with zero attached hydrogens (tertiary/aromatic N) is 2. The van der Waals surface area contributed by atoms with Crippen LogP contribution >= 0.6 is 0 Å². The lowest BCUT2D eigenvalue weighted by molar-refractivity contribution is 0.0525. The number of ether oxygens (including phenoxy) is 1. The molecule has 1 amide bonds. The average molecular weight is 266 g/mol. The molecular formula is C13H22N4O2. The Kier molecular flexibility index (Phi) is 5.11. The van der Waals surface area contributed by atoms with E-state index in [2.05, 4.69) is 17.0 Å². The van der Waals surface area contributed by atoms with Crippen LogP contribution in [0.4, 0.5) is 4.79 Å². The second-order valence-electron chi connectivity index (χ2n) is 5.25. The van der Waals surface area contributed by atoms with Gasteiger partial charge < -0.3 is 15.8 Å². The summed E-state index contributed by atoms with van der Waals surface area (Å²) in [6.45, 7) is 9.91. The van der Waals surface area contributed by atoms with Crippen LogP contribution in [0.5, 0.6) is 0 Å². The maximum absolute atomic E-state index is 11.6. The highest BCUT2D eigenvalue weighted by Gasteiger charge is 2.18. The number of aromatic nitrogens is 2. The monoisotopic (exact) mass is 266 g/mol. The third-order valence-electron chi connectivity index (χ3n) is 2.46. The summed E-state index contributed by atoms with van der Waals surface area (Å²) < 4.78 is 6.77. The standard InChI is InChI=1S/C13H22N4O2/c1-5-17-9-11(8-16-17)10(6-14)7-15-12(18)19-13(2,3)4/h5,8-10H,1,6-7,14H2,2-4H3,(H,15,18). The maximum Gasteiger partial charge on any atom is 0.407 e. The number of alkyl carbamates (subject to hydrolysis) is 1. The summed E-state index contributed by atoms with van der Waals surface area (Å²) in [5.41, 5.74) is 6.17. The minimum Gasteiger partial charge on any atom is -0.444 e. The topological polar surface area (TPSA) is 82.2 Å². The molecule has 0 fully saturated rings. The van der Waals surface area contributed by atoms with Crippen molar-refractivity contribution in [1.29, 1.82) is 0 Å². The van der Waals surface area contributed by atoms with Crippen LogP contribution < -0.4 is 11.1 Å². The van der Waals surface area contributed by atoms with Crippen LogP contribution in [-0.2, 0) is 4.74 Å². The Bertz CT molecular complexity index is 434. The van der Waals surface area contributed by atoms with Gasteiger partial charge in [-0.15, -0.1) is 0 Å². The Labute approximate surface area is 113 Å². The smallest absolute Gasteiger partial charge is 0.407 e. The lowest BCUT2D eigenvalue weighted by Gasteiger charge is -2.21. The molecule has 0 saturated carbocycles. The zero-order valence-corrected chi connectivity index (χ0v) is 11.7. The van der Waals surface area contributed by atoms with Gasteiger partial charge in [-0.25, -0.2) is 9.48 Å². The molecule has 0 aromatic carbocycles. The van der Waals surface area contributed by atoms with Crippen molar-refractivity contribution in [2.75, 3.05) is 13.1 Å². The predicted octanol–water partition coefficient (Wildman–Crippen LogP) is 1.55. The molecule has 1 atom stereocenters. The van der Waals surface area contributed by atoms with Crippen molar-refractivity contribution < 1.29 is 9.53 Å². The Morgan fingerprint density at radius 2 is 2.37 bits per heavy atom. The first kappa shape index (κ1) is 15.2. The minimum atomic E-state index is -0.504. The molecule has 0 aliphatic rings. The number of rotatable bonds is 5. The zero-order valence-electron chi connectivity index (χ0n) is 11.7. The van der Waals surface area contributed by atoms with Crippen molar-refractivity contribution in [3.63, 3.8) is 0 Å². The number of hydrogen-bond acceptors (Lipinski definition) is 4. The second-order valence-corrected chi connectivity index (χ2v) is 5.25. The SMILES string of the molecule is C=Cn1cc(C(CN)CNC(=O)OC(C)(C)C)cn1. The van der Waals surface area contributed by atoms with E-state index < -0.39 is 11.7 Å². The summed E-state index contributed by atoms with van der Waals surface area (Å²) in [4.78, 5) is 11.6. The molecule has 0 radical (unpaired) electrons. The number of hydrogen-bond donors (Lipinski definition) is 2. The third-order valence-corrected chi connectivity index (χ3v) is 2.46. The molecule has 1 aromatic heterocycles. The minimum absolute atomic E-state index is 0.00113. The van der Waals surface area contributed by atoms with E-state index in [-0.39, 0.29) is 5.92 Å². The molecule has 6 nitrogen and oxygen atoms in total. The molecule has 3 N–H and O–H groups in total. The fourth-order valence-corrected chi connectivity index (χ4v) is 1.52. The van der Waals surface area contributed by atoms with E-state index >= 15 is 0 Å². The van der Waals surface area contributed by atoms with Gasteiger partial charge in [0.1, 0.15) is 5.60 Å². The molecule has 0 aliphatic heterocycles. The van der Waals surface area contributed by atoms with Gasteiger partial charge in [0, 0.05) is 31.4 Å². The lowest BCUT2D eigenvalue weighted by atomic mass is 10.0. The fourth-order valence-electron chi connectivity index (χ4n) is 1.52. The number of carbonyl (C=O) groups excluding carboxylic acids is 1. The highest BCUT2D eigenvalue weighted by atomic mass is 16.6. The quantitative estimate of drug-likeness (QED) is 0.847. The number of nitrogens with two attached hydrogens (primary N) is 1. The Balaban J connectivity index is 2.53. The number of carbonyl (C=O) groups is 1. The normalized spacial score (nSPS) is 12.8. The van der Waals surface area contributed by atoms with Crippen LogP contribution in [-0.4, -0.2) is 34.6 Å². The van der Waals surface area contributed by atoms with E-state index in [1.165, 1.54) is 0 Å². The first-order valence-electron chi connectivity index (χ1n) is 6.19. The zero-order chi connectivity index (χ0) is 14.5. The van der Waals surface area contributed by atoms with Gasteiger partial charge in [0.05, 0.1) is 6.20 Å². The van der Waals surface area contributed by atoms with E-state index in [0.717, 1.165) is 5.56 Å². The average Bonchev–Trinajstić information content (AvgIpc) is 2.76. The summed E-state index contributed by atoms with van der Waals surface area (Å²) >= 11 is 0. The summed E-state index contributed by atoms with van der Waals surface area (Å²) in [7, 11) is 0. The van der Waals surface area contributed by atoms with E-state index in [0.29, 0.717) is 13.1 Å². The first-order valence-corrected chi connectivity index (χ1v) is 6.19. The molecular weight excluding hydrogens is 244 g/mol.